The summed E-state index contributed by atoms with van der Waals surface area (Å²) in [6, 6.07) is 0. The van der Waals surface area contributed by atoms with Gasteiger partial charge in [0, 0.05) is 6.92 Å². The molecule has 86 valence electrons. The first-order chi connectivity index (χ1) is 6.45. The van der Waals surface area contributed by atoms with Gasteiger partial charge in [0.1, 0.15) is 0 Å². The predicted molar refractivity (Wildman–Crippen MR) is 61.4 cm³/mol. The molecule has 0 atom stereocenters. The van der Waals surface area contributed by atoms with E-state index in [9.17, 15) is 4.79 Å². The fraction of sp³-hybridized carbons (Fsp3) is 0.800. The molecule has 15 heavy (non-hydrogen) atoms. The van der Waals surface area contributed by atoms with Gasteiger partial charge in [0.2, 0.25) is 0 Å². The number of carbonyl (C=O) groups is 2. The molecule has 0 amide bonds. The van der Waals surface area contributed by atoms with E-state index < -0.39 is 11.9 Å². The van der Waals surface area contributed by atoms with Crippen LogP contribution in [-0.2, 0) is 9.59 Å². The van der Waals surface area contributed by atoms with E-state index in [1.165, 1.54) is 0 Å². The van der Waals surface area contributed by atoms with Crippen LogP contribution in [0.4, 0.5) is 0 Å². The van der Waals surface area contributed by atoms with Crippen LogP contribution in [0, 0.1) is 5.92 Å². The molecule has 0 heterocycles. The first kappa shape index (κ1) is 20.4. The monoisotopic (exact) mass is 228 g/mol. The topological polar surface area (TPSA) is 74.6 Å². The maximum atomic E-state index is 10.5. The molecule has 0 aromatic heterocycles. The minimum absolute atomic E-state index is 0. The van der Waals surface area contributed by atoms with Gasteiger partial charge in [-0.15, -0.1) is 0 Å². The minimum atomic E-state index is -0.833. The first-order valence-electron chi connectivity index (χ1n) is 4.87. The summed E-state index contributed by atoms with van der Waals surface area (Å²) < 4.78 is 0. The van der Waals surface area contributed by atoms with Crippen molar-refractivity contribution in [2.75, 3.05) is 0 Å². The molecule has 0 aromatic rings. The second-order valence-electron chi connectivity index (χ2n) is 3.13. The molecule has 0 aliphatic heterocycles. The quantitative estimate of drug-likeness (QED) is 0.703. The summed E-state index contributed by atoms with van der Waals surface area (Å²) >= 11 is 0. The zero-order valence-corrected chi connectivity index (χ0v) is 9.12. The number of aliphatic carboxylic acids is 2. The molecule has 4 nitrogen and oxygen atoms in total. The Hall–Kier alpha value is -0.0600. The molecule has 5 heteroatoms. The number of hydrogen-bond donors (Lipinski definition) is 2. The molecule has 0 saturated heterocycles. The van der Waals surface area contributed by atoms with Crippen LogP contribution in [-0.4, -0.2) is 51.7 Å². The van der Waals surface area contributed by atoms with Crippen molar-refractivity contribution in [3.05, 3.63) is 0 Å². The summed E-state index contributed by atoms with van der Waals surface area (Å²) in [4.78, 5) is 19.5. The fourth-order valence-electron chi connectivity index (χ4n) is 1.09. The summed E-state index contributed by atoms with van der Waals surface area (Å²) in [6.45, 7) is 5.12. The van der Waals surface area contributed by atoms with Crippen LogP contribution in [0.25, 0.3) is 0 Å². The van der Waals surface area contributed by atoms with Crippen molar-refractivity contribution in [2.45, 2.75) is 46.5 Å². The average Bonchev–Trinajstić information content (AvgIpc) is 2.02. The van der Waals surface area contributed by atoms with Gasteiger partial charge in [-0.3, -0.25) is 9.59 Å². The van der Waals surface area contributed by atoms with Gasteiger partial charge in [0.25, 0.3) is 5.97 Å². The Kier molecular flexibility index (Phi) is 18.9. The van der Waals surface area contributed by atoms with Crippen molar-refractivity contribution in [1.82, 2.24) is 0 Å². The van der Waals surface area contributed by atoms with Gasteiger partial charge in [-0.1, -0.05) is 26.7 Å². The Morgan fingerprint density at radius 3 is 1.47 bits per heavy atom. The molecule has 0 bridgehead atoms. The first-order valence-corrected chi connectivity index (χ1v) is 4.87. The Morgan fingerprint density at radius 1 is 1.07 bits per heavy atom. The third kappa shape index (κ3) is 20.1. The van der Waals surface area contributed by atoms with E-state index in [1.54, 1.807) is 0 Å². The van der Waals surface area contributed by atoms with E-state index in [0.29, 0.717) is 0 Å². The van der Waals surface area contributed by atoms with E-state index in [2.05, 4.69) is 0 Å². The van der Waals surface area contributed by atoms with Crippen LogP contribution in [0.2, 0.25) is 0 Å². The zero-order chi connectivity index (χ0) is 11.6. The average molecular weight is 228 g/mol. The number of rotatable bonds is 5. The van der Waals surface area contributed by atoms with Gasteiger partial charge in [0.15, 0.2) is 0 Å². The molecule has 0 unspecified atom stereocenters. The Morgan fingerprint density at radius 2 is 1.33 bits per heavy atom. The Labute approximate surface area is 113 Å². The van der Waals surface area contributed by atoms with Gasteiger partial charge in [-0.25, -0.2) is 0 Å². The molecule has 0 aromatic carbocycles. The van der Waals surface area contributed by atoms with E-state index >= 15 is 0 Å². The van der Waals surface area contributed by atoms with E-state index in [1.807, 2.05) is 13.8 Å². The summed E-state index contributed by atoms with van der Waals surface area (Å²) in [5.74, 6) is -1.57. The third-order valence-electron chi connectivity index (χ3n) is 1.62. The van der Waals surface area contributed by atoms with Crippen LogP contribution in [0.15, 0.2) is 0 Å². The molecule has 2 N–H and O–H groups in total. The van der Waals surface area contributed by atoms with Crippen molar-refractivity contribution in [3.8, 4) is 0 Å². The van der Waals surface area contributed by atoms with Gasteiger partial charge in [0.05, 0.1) is 5.92 Å². The molecule has 0 aliphatic carbocycles. The SMILES string of the molecule is CC(=O)O.CCCC(CCC)C(=O)O.[NaH]. The van der Waals surface area contributed by atoms with Crippen molar-refractivity contribution >= 4 is 41.5 Å². The zero-order valence-electron chi connectivity index (χ0n) is 9.12. The normalized spacial score (nSPS) is 8.53. The summed E-state index contributed by atoms with van der Waals surface area (Å²) in [5.41, 5.74) is 0. The van der Waals surface area contributed by atoms with Gasteiger partial charge >= 0.3 is 35.5 Å². The molecule has 0 aliphatic rings. The maximum absolute atomic E-state index is 10.5. The van der Waals surface area contributed by atoms with Gasteiger partial charge in [-0.05, 0) is 12.8 Å². The number of hydrogen-bond acceptors (Lipinski definition) is 2. The molecule has 0 radical (unpaired) electrons. The van der Waals surface area contributed by atoms with Crippen LogP contribution in [0.1, 0.15) is 46.5 Å². The molecular formula is C10H21NaO4. The summed E-state index contributed by atoms with van der Waals surface area (Å²) in [5, 5.41) is 16.1. The summed E-state index contributed by atoms with van der Waals surface area (Å²) in [7, 11) is 0. The second-order valence-corrected chi connectivity index (χ2v) is 3.13. The molecule has 0 rings (SSSR count). The van der Waals surface area contributed by atoms with Crippen molar-refractivity contribution in [1.29, 1.82) is 0 Å². The molecule has 0 spiro atoms. The van der Waals surface area contributed by atoms with Crippen LogP contribution < -0.4 is 0 Å². The Balaban J connectivity index is -0.000000249. The van der Waals surface area contributed by atoms with Crippen molar-refractivity contribution in [3.63, 3.8) is 0 Å². The van der Waals surface area contributed by atoms with Crippen molar-refractivity contribution in [2.24, 2.45) is 5.92 Å². The molecule has 0 fully saturated rings. The van der Waals surface area contributed by atoms with E-state index in [4.69, 9.17) is 15.0 Å². The van der Waals surface area contributed by atoms with Crippen molar-refractivity contribution < 1.29 is 19.8 Å². The summed E-state index contributed by atoms with van der Waals surface area (Å²) in [6.07, 6.45) is 3.58. The number of carboxylic acids is 2. The molecular weight excluding hydrogens is 207 g/mol. The standard InChI is InChI=1S/C8H16O2.C2H4O2.Na.H/c1-3-5-7(6-4-2)8(9)10;1-2(3)4;;/h7H,3-6H2,1-2H3,(H,9,10);1H3,(H,3,4);;. The van der Waals surface area contributed by atoms with Crippen LogP contribution >= 0.6 is 0 Å². The predicted octanol–water partition coefficient (Wildman–Crippen LogP) is 1.73. The van der Waals surface area contributed by atoms with Crippen LogP contribution in [0.3, 0.4) is 0 Å². The van der Waals surface area contributed by atoms with Gasteiger partial charge < -0.3 is 10.2 Å². The van der Waals surface area contributed by atoms with Crippen LogP contribution in [0.5, 0.6) is 0 Å². The second kappa shape index (κ2) is 13.9. The Bertz CT molecular complexity index is 161. The number of carboxylic acid groups (broad SMARTS) is 2. The van der Waals surface area contributed by atoms with E-state index in [-0.39, 0.29) is 35.5 Å². The fourth-order valence-corrected chi connectivity index (χ4v) is 1.09. The third-order valence-corrected chi connectivity index (χ3v) is 1.62. The van der Waals surface area contributed by atoms with E-state index in [0.717, 1.165) is 32.6 Å². The van der Waals surface area contributed by atoms with Gasteiger partial charge in [-0.2, -0.15) is 0 Å². The molecule has 0 saturated carbocycles.